The Balaban J connectivity index is 1.58. The number of hydrogen-bond acceptors (Lipinski definition) is 3. The Bertz CT molecular complexity index is 418. The van der Waals surface area contributed by atoms with Crippen LogP contribution in [0.2, 0.25) is 0 Å². The molecular formula is C14H18N2OS. The number of amides is 1. The number of thioether (sulfide) groups is 1. The van der Waals surface area contributed by atoms with Crippen LogP contribution >= 0.6 is 11.8 Å². The zero-order valence-electron chi connectivity index (χ0n) is 10.3. The second kappa shape index (κ2) is 5.22. The zero-order valence-corrected chi connectivity index (χ0v) is 11.1. The normalized spacial score (nSPS) is 26.2. The average Bonchev–Trinajstić information content (AvgIpc) is 2.84. The second-order valence-corrected chi connectivity index (χ2v) is 6.13. The maximum Gasteiger partial charge on any atom is 0.243 e. The lowest BCUT2D eigenvalue weighted by Gasteiger charge is -2.24. The predicted molar refractivity (Wildman–Crippen MR) is 76.0 cm³/mol. The average molecular weight is 262 g/mol. The fourth-order valence-corrected chi connectivity index (χ4v) is 3.68. The van der Waals surface area contributed by atoms with Gasteiger partial charge in [0, 0.05) is 23.9 Å². The summed E-state index contributed by atoms with van der Waals surface area (Å²) in [5.41, 5.74) is 2.35. The summed E-state index contributed by atoms with van der Waals surface area (Å²) in [6, 6.07) is 8.43. The van der Waals surface area contributed by atoms with Gasteiger partial charge in [-0.15, -0.1) is 0 Å². The van der Waals surface area contributed by atoms with Crippen LogP contribution in [0.5, 0.6) is 0 Å². The molecule has 96 valence electrons. The summed E-state index contributed by atoms with van der Waals surface area (Å²) >= 11 is 1.94. The fraction of sp³-hybridized carbons (Fsp3) is 0.500. The van der Waals surface area contributed by atoms with Gasteiger partial charge in [-0.1, -0.05) is 18.2 Å². The van der Waals surface area contributed by atoms with Crippen LogP contribution in [0, 0.1) is 0 Å². The minimum absolute atomic E-state index is 0.0886. The largest absolute Gasteiger partial charge is 0.373 e. The molecule has 0 spiro atoms. The number of carbonyl (C=O) groups excluding carboxylic acids is 1. The molecule has 2 atom stereocenters. The zero-order chi connectivity index (χ0) is 12.4. The predicted octanol–water partition coefficient (Wildman–Crippen LogP) is 2.03. The number of hydrogen-bond donors (Lipinski definition) is 2. The first-order valence-corrected chi connectivity index (χ1v) is 7.71. The number of nitrogens with one attached hydrogen (secondary N) is 2. The number of fused-ring (bicyclic) bond motifs is 1. The molecule has 3 rings (SSSR count). The van der Waals surface area contributed by atoms with Crippen molar-refractivity contribution in [3.05, 3.63) is 29.8 Å². The Labute approximate surface area is 112 Å². The molecule has 4 heteroatoms. The van der Waals surface area contributed by atoms with Crippen LogP contribution in [0.1, 0.15) is 18.4 Å². The summed E-state index contributed by atoms with van der Waals surface area (Å²) in [5, 5.41) is 6.48. The molecule has 0 aliphatic carbocycles. The van der Waals surface area contributed by atoms with Gasteiger partial charge in [0.25, 0.3) is 0 Å². The van der Waals surface area contributed by atoms with Crippen LogP contribution in [-0.2, 0) is 11.2 Å². The summed E-state index contributed by atoms with van der Waals surface area (Å²) < 4.78 is 0. The van der Waals surface area contributed by atoms with Gasteiger partial charge < -0.3 is 10.6 Å². The molecule has 1 fully saturated rings. The number of para-hydroxylation sites is 1. The Kier molecular flexibility index (Phi) is 3.46. The number of anilines is 1. The molecular weight excluding hydrogens is 244 g/mol. The van der Waals surface area contributed by atoms with E-state index >= 15 is 0 Å². The van der Waals surface area contributed by atoms with E-state index in [-0.39, 0.29) is 11.9 Å². The minimum Gasteiger partial charge on any atom is -0.373 e. The molecule has 0 aromatic heterocycles. The van der Waals surface area contributed by atoms with Gasteiger partial charge in [-0.05, 0) is 30.2 Å². The van der Waals surface area contributed by atoms with Gasteiger partial charge >= 0.3 is 0 Å². The van der Waals surface area contributed by atoms with Crippen LogP contribution in [0.15, 0.2) is 24.3 Å². The third kappa shape index (κ3) is 2.48. The summed E-state index contributed by atoms with van der Waals surface area (Å²) in [5.74, 6) is 2.45. The monoisotopic (exact) mass is 262 g/mol. The summed E-state index contributed by atoms with van der Waals surface area (Å²) in [7, 11) is 0. The lowest BCUT2D eigenvalue weighted by atomic mass is 10.1. The van der Waals surface area contributed by atoms with Crippen molar-refractivity contribution in [1.82, 2.24) is 5.32 Å². The van der Waals surface area contributed by atoms with E-state index in [4.69, 9.17) is 0 Å². The van der Waals surface area contributed by atoms with E-state index in [1.165, 1.54) is 17.7 Å². The lowest BCUT2D eigenvalue weighted by Crippen LogP contribution is -2.45. The van der Waals surface area contributed by atoms with Gasteiger partial charge in [0.05, 0.1) is 0 Å². The third-order valence-corrected chi connectivity index (χ3v) is 4.81. The SMILES string of the molecule is O=C(NC1CCCSC1)C1Cc2ccccc2N1. The second-order valence-electron chi connectivity index (χ2n) is 4.98. The van der Waals surface area contributed by atoms with Crippen molar-refractivity contribution >= 4 is 23.4 Å². The maximum absolute atomic E-state index is 12.2. The van der Waals surface area contributed by atoms with Gasteiger partial charge in [0.2, 0.25) is 5.91 Å². The van der Waals surface area contributed by atoms with Crippen molar-refractivity contribution < 1.29 is 4.79 Å². The molecule has 2 N–H and O–H groups in total. The Morgan fingerprint density at radius 2 is 2.28 bits per heavy atom. The van der Waals surface area contributed by atoms with Gasteiger partial charge in [-0.3, -0.25) is 4.79 Å². The molecule has 0 saturated carbocycles. The molecule has 2 heterocycles. The highest BCUT2D eigenvalue weighted by molar-refractivity contribution is 7.99. The molecule has 0 radical (unpaired) electrons. The molecule has 1 saturated heterocycles. The minimum atomic E-state index is -0.0886. The van der Waals surface area contributed by atoms with Crippen molar-refractivity contribution in [3.63, 3.8) is 0 Å². The molecule has 3 nitrogen and oxygen atoms in total. The van der Waals surface area contributed by atoms with E-state index in [1.807, 2.05) is 30.0 Å². The maximum atomic E-state index is 12.2. The number of carbonyl (C=O) groups is 1. The molecule has 1 aromatic carbocycles. The van der Waals surface area contributed by atoms with Gasteiger partial charge in [-0.25, -0.2) is 0 Å². The number of rotatable bonds is 2. The van der Waals surface area contributed by atoms with E-state index in [1.54, 1.807) is 0 Å². The molecule has 2 unspecified atom stereocenters. The van der Waals surface area contributed by atoms with Gasteiger partial charge in [0.1, 0.15) is 6.04 Å². The molecule has 2 aliphatic rings. The van der Waals surface area contributed by atoms with Gasteiger partial charge in [-0.2, -0.15) is 11.8 Å². The first-order valence-electron chi connectivity index (χ1n) is 6.55. The fourth-order valence-electron chi connectivity index (χ4n) is 2.61. The molecule has 2 aliphatic heterocycles. The Morgan fingerprint density at radius 3 is 3.06 bits per heavy atom. The topological polar surface area (TPSA) is 41.1 Å². The van der Waals surface area contributed by atoms with E-state index in [9.17, 15) is 4.79 Å². The van der Waals surface area contributed by atoms with Gasteiger partial charge in [0.15, 0.2) is 0 Å². The van der Waals surface area contributed by atoms with Crippen molar-refractivity contribution in [2.75, 3.05) is 16.8 Å². The quantitative estimate of drug-likeness (QED) is 0.857. The van der Waals surface area contributed by atoms with Crippen LogP contribution in [-0.4, -0.2) is 29.5 Å². The third-order valence-electron chi connectivity index (χ3n) is 3.59. The number of benzene rings is 1. The lowest BCUT2D eigenvalue weighted by molar-refractivity contribution is -0.122. The summed E-state index contributed by atoms with van der Waals surface area (Å²) in [6.45, 7) is 0. The standard InChI is InChI=1S/C14H18N2OS/c17-14(15-11-5-3-7-18-9-11)13-8-10-4-1-2-6-12(10)16-13/h1-2,4,6,11,13,16H,3,5,7-9H2,(H,15,17). The Hall–Kier alpha value is -1.16. The highest BCUT2D eigenvalue weighted by atomic mass is 32.2. The molecule has 18 heavy (non-hydrogen) atoms. The molecule has 1 aromatic rings. The van der Waals surface area contributed by atoms with Crippen molar-refractivity contribution in [3.8, 4) is 0 Å². The highest BCUT2D eigenvalue weighted by Crippen LogP contribution is 2.25. The van der Waals surface area contributed by atoms with E-state index in [0.717, 1.165) is 24.3 Å². The summed E-state index contributed by atoms with van der Waals surface area (Å²) in [4.78, 5) is 12.2. The van der Waals surface area contributed by atoms with Crippen LogP contribution in [0.25, 0.3) is 0 Å². The molecule has 0 bridgehead atoms. The van der Waals surface area contributed by atoms with Crippen LogP contribution in [0.3, 0.4) is 0 Å². The van der Waals surface area contributed by atoms with Crippen molar-refractivity contribution in [2.45, 2.75) is 31.3 Å². The summed E-state index contributed by atoms with van der Waals surface area (Å²) in [6.07, 6.45) is 3.15. The highest BCUT2D eigenvalue weighted by Gasteiger charge is 2.28. The Morgan fingerprint density at radius 1 is 1.39 bits per heavy atom. The molecule has 1 amide bonds. The van der Waals surface area contributed by atoms with Crippen LogP contribution < -0.4 is 10.6 Å². The smallest absolute Gasteiger partial charge is 0.243 e. The van der Waals surface area contributed by atoms with Crippen molar-refractivity contribution in [2.24, 2.45) is 0 Å². The van der Waals surface area contributed by atoms with Crippen molar-refractivity contribution in [1.29, 1.82) is 0 Å². The van der Waals surface area contributed by atoms with Crippen LogP contribution in [0.4, 0.5) is 5.69 Å². The van der Waals surface area contributed by atoms with E-state index < -0.39 is 0 Å². The first-order chi connectivity index (χ1) is 8.83. The van der Waals surface area contributed by atoms with E-state index in [2.05, 4.69) is 16.7 Å². The first kappa shape index (κ1) is 11.9. The van der Waals surface area contributed by atoms with E-state index in [0.29, 0.717) is 6.04 Å².